The van der Waals surface area contributed by atoms with Crippen LogP contribution in [0.3, 0.4) is 0 Å². The quantitative estimate of drug-likeness (QED) is 0.509. The summed E-state index contributed by atoms with van der Waals surface area (Å²) in [5.74, 6) is 0.374. The Bertz CT molecular complexity index is 902. The van der Waals surface area contributed by atoms with E-state index in [1.807, 2.05) is 0 Å². The summed E-state index contributed by atoms with van der Waals surface area (Å²) in [6.45, 7) is 0.322. The number of benzene rings is 1. The third-order valence-electron chi connectivity index (χ3n) is 3.76. The van der Waals surface area contributed by atoms with Crippen molar-refractivity contribution in [1.82, 2.24) is 10.1 Å². The number of rotatable bonds is 10. The molecule has 0 aliphatic carbocycles. The molecule has 3 rings (SSSR count). The number of nitrogens with one attached hydrogen (secondary N) is 1. The number of hydrogen-bond acceptors (Lipinski definition) is 7. The van der Waals surface area contributed by atoms with Gasteiger partial charge in [0.25, 0.3) is 0 Å². The van der Waals surface area contributed by atoms with Crippen molar-refractivity contribution >= 4 is 17.6 Å². The van der Waals surface area contributed by atoms with Gasteiger partial charge in [0.1, 0.15) is 12.0 Å². The highest BCUT2D eigenvalue weighted by atomic mass is 16.5. The molecule has 1 amide bonds. The molecule has 0 bridgehead atoms. The number of carboxylic acids is 1. The number of carbonyl (C=O) groups excluding carboxylic acids is 1. The normalized spacial score (nSPS) is 10.6. The lowest BCUT2D eigenvalue weighted by atomic mass is 10.2. The molecule has 9 heteroatoms. The number of hydrogen-bond donors (Lipinski definition) is 2. The van der Waals surface area contributed by atoms with Crippen molar-refractivity contribution in [2.45, 2.75) is 25.7 Å². The minimum atomic E-state index is -0.847. The molecule has 9 nitrogen and oxygen atoms in total. The molecule has 0 saturated heterocycles. The maximum atomic E-state index is 12.1. The van der Waals surface area contributed by atoms with E-state index in [1.165, 1.54) is 12.5 Å². The van der Waals surface area contributed by atoms with E-state index in [9.17, 15) is 9.59 Å². The molecule has 0 spiro atoms. The minimum absolute atomic E-state index is 0.0672. The van der Waals surface area contributed by atoms with E-state index in [2.05, 4.69) is 15.5 Å². The number of nitrogens with zero attached hydrogens (tertiary/aromatic N) is 2. The molecule has 0 unspecified atom stereocenters. The first-order valence-electron chi connectivity index (χ1n) is 8.70. The highest BCUT2D eigenvalue weighted by Crippen LogP contribution is 2.18. The maximum Gasteiger partial charge on any atom is 0.303 e. The van der Waals surface area contributed by atoms with Crippen molar-refractivity contribution in [3.05, 3.63) is 48.7 Å². The number of furan rings is 1. The zero-order chi connectivity index (χ0) is 19.8. The van der Waals surface area contributed by atoms with Crippen LogP contribution in [0.2, 0.25) is 0 Å². The van der Waals surface area contributed by atoms with Gasteiger partial charge in [-0.05, 0) is 36.8 Å². The van der Waals surface area contributed by atoms with E-state index in [-0.39, 0.29) is 18.7 Å². The van der Waals surface area contributed by atoms with Crippen LogP contribution in [0.5, 0.6) is 5.75 Å². The summed E-state index contributed by atoms with van der Waals surface area (Å²) in [5, 5.41) is 15.2. The molecule has 28 heavy (non-hydrogen) atoms. The number of aliphatic carboxylic acids is 1. The van der Waals surface area contributed by atoms with Crippen molar-refractivity contribution in [3.8, 4) is 17.1 Å². The van der Waals surface area contributed by atoms with Gasteiger partial charge in [-0.2, -0.15) is 4.98 Å². The number of carboxylic acid groups (broad SMARTS) is 1. The van der Waals surface area contributed by atoms with Gasteiger partial charge in [-0.25, -0.2) is 0 Å². The van der Waals surface area contributed by atoms with Crippen LogP contribution in [-0.2, 0) is 16.0 Å². The fraction of sp³-hybridized carbons (Fsp3) is 0.263. The van der Waals surface area contributed by atoms with Crippen LogP contribution in [-0.4, -0.2) is 33.7 Å². The van der Waals surface area contributed by atoms with Gasteiger partial charge < -0.3 is 24.1 Å². The first kappa shape index (κ1) is 19.2. The molecule has 0 atom stereocenters. The Morgan fingerprint density at radius 3 is 2.68 bits per heavy atom. The Morgan fingerprint density at radius 2 is 1.96 bits per heavy atom. The van der Waals surface area contributed by atoms with E-state index in [1.54, 1.807) is 30.3 Å². The van der Waals surface area contributed by atoms with Crippen LogP contribution in [0, 0.1) is 0 Å². The fourth-order valence-electron chi connectivity index (χ4n) is 2.36. The van der Waals surface area contributed by atoms with E-state index in [0.29, 0.717) is 48.2 Å². The lowest BCUT2D eigenvalue weighted by molar-refractivity contribution is -0.137. The van der Waals surface area contributed by atoms with Gasteiger partial charge in [-0.3, -0.25) is 9.59 Å². The molecule has 0 saturated carbocycles. The summed E-state index contributed by atoms with van der Waals surface area (Å²) >= 11 is 0. The fourth-order valence-corrected chi connectivity index (χ4v) is 2.36. The molecular weight excluding hydrogens is 366 g/mol. The zero-order valence-electron chi connectivity index (χ0n) is 15.0. The summed E-state index contributed by atoms with van der Waals surface area (Å²) in [4.78, 5) is 26.7. The van der Waals surface area contributed by atoms with Crippen LogP contribution in [0.4, 0.5) is 5.69 Å². The second kappa shape index (κ2) is 9.36. The Morgan fingerprint density at radius 1 is 1.14 bits per heavy atom. The van der Waals surface area contributed by atoms with Gasteiger partial charge in [-0.1, -0.05) is 5.16 Å². The Labute approximate surface area is 160 Å². The lowest BCUT2D eigenvalue weighted by Gasteiger charge is -2.07. The first-order valence-corrected chi connectivity index (χ1v) is 8.70. The Balaban J connectivity index is 1.41. The second-order valence-electron chi connectivity index (χ2n) is 5.94. The van der Waals surface area contributed by atoms with Crippen LogP contribution in [0.15, 0.2) is 51.8 Å². The molecule has 0 aliphatic heterocycles. The Kier molecular flexibility index (Phi) is 6.40. The number of ether oxygens (including phenoxy) is 1. The summed E-state index contributed by atoms with van der Waals surface area (Å²) in [6, 6.07) is 8.58. The average Bonchev–Trinajstić information content (AvgIpc) is 3.36. The van der Waals surface area contributed by atoms with E-state index >= 15 is 0 Å². The van der Waals surface area contributed by atoms with Gasteiger partial charge >= 0.3 is 5.97 Å². The molecule has 3 aromatic rings. The molecule has 146 valence electrons. The Hall–Kier alpha value is -3.62. The number of amides is 1. The average molecular weight is 385 g/mol. The molecule has 2 heterocycles. The monoisotopic (exact) mass is 385 g/mol. The first-order chi connectivity index (χ1) is 13.6. The van der Waals surface area contributed by atoms with Gasteiger partial charge in [0.05, 0.1) is 18.4 Å². The highest BCUT2D eigenvalue weighted by molar-refractivity contribution is 5.90. The molecule has 1 aromatic carbocycles. The van der Waals surface area contributed by atoms with Crippen molar-refractivity contribution < 1.29 is 28.4 Å². The smallest absolute Gasteiger partial charge is 0.303 e. The third kappa shape index (κ3) is 5.70. The molecule has 0 fully saturated rings. The minimum Gasteiger partial charge on any atom is -0.494 e. The zero-order valence-corrected chi connectivity index (χ0v) is 15.0. The van der Waals surface area contributed by atoms with Crippen LogP contribution in [0.1, 0.15) is 25.2 Å². The molecule has 0 radical (unpaired) electrons. The summed E-state index contributed by atoms with van der Waals surface area (Å²) in [6.07, 6.45) is 4.05. The molecule has 0 aliphatic rings. The SMILES string of the molecule is O=C(O)CCCOc1ccc(NC(=O)CCc2nc(-c3ccoc3)no2)cc1. The van der Waals surface area contributed by atoms with E-state index < -0.39 is 5.97 Å². The van der Waals surface area contributed by atoms with Crippen LogP contribution in [0.25, 0.3) is 11.4 Å². The number of anilines is 1. The predicted molar refractivity (Wildman–Crippen MR) is 97.8 cm³/mol. The summed E-state index contributed by atoms with van der Waals surface area (Å²) in [7, 11) is 0. The number of carbonyl (C=O) groups is 2. The molecular formula is C19H19N3O6. The van der Waals surface area contributed by atoms with Crippen molar-refractivity contribution in [1.29, 1.82) is 0 Å². The number of aromatic nitrogens is 2. The largest absolute Gasteiger partial charge is 0.494 e. The van der Waals surface area contributed by atoms with Crippen molar-refractivity contribution in [2.75, 3.05) is 11.9 Å². The third-order valence-corrected chi connectivity index (χ3v) is 3.76. The van der Waals surface area contributed by atoms with Gasteiger partial charge in [0, 0.05) is 24.9 Å². The maximum absolute atomic E-state index is 12.1. The summed E-state index contributed by atoms with van der Waals surface area (Å²) < 4.78 is 15.5. The highest BCUT2D eigenvalue weighted by Gasteiger charge is 2.11. The van der Waals surface area contributed by atoms with Gasteiger partial charge in [0.2, 0.25) is 17.6 Å². The van der Waals surface area contributed by atoms with E-state index in [0.717, 1.165) is 0 Å². The molecule has 2 aromatic heterocycles. The standard InChI is InChI=1S/C19H19N3O6/c23-16(7-8-17-21-19(22-28-17)13-9-11-26-12-13)20-14-3-5-15(6-4-14)27-10-1-2-18(24)25/h3-6,9,11-12H,1-2,7-8,10H2,(H,20,23)(H,24,25). The second-order valence-corrected chi connectivity index (χ2v) is 5.94. The number of aryl methyl sites for hydroxylation is 1. The molecule has 2 N–H and O–H groups in total. The van der Waals surface area contributed by atoms with Crippen molar-refractivity contribution in [2.24, 2.45) is 0 Å². The topological polar surface area (TPSA) is 128 Å². The summed E-state index contributed by atoms with van der Waals surface area (Å²) in [5.41, 5.74) is 1.34. The van der Waals surface area contributed by atoms with Gasteiger partial charge in [0.15, 0.2) is 0 Å². The van der Waals surface area contributed by atoms with Crippen molar-refractivity contribution in [3.63, 3.8) is 0 Å². The van der Waals surface area contributed by atoms with Crippen LogP contribution >= 0.6 is 0 Å². The lowest BCUT2D eigenvalue weighted by Crippen LogP contribution is -2.12. The van der Waals surface area contributed by atoms with Gasteiger partial charge in [-0.15, -0.1) is 0 Å². The predicted octanol–water partition coefficient (Wildman–Crippen LogP) is 3.14. The van der Waals surface area contributed by atoms with Crippen LogP contribution < -0.4 is 10.1 Å². The van der Waals surface area contributed by atoms with E-state index in [4.69, 9.17) is 18.8 Å².